The van der Waals surface area contributed by atoms with Gasteiger partial charge in [-0.1, -0.05) is 17.3 Å². The fraction of sp³-hybridized carbons (Fsp3) is 0.118. The first-order valence-corrected chi connectivity index (χ1v) is 8.18. The molecule has 0 saturated carbocycles. The van der Waals surface area contributed by atoms with Crippen molar-refractivity contribution in [1.29, 1.82) is 0 Å². The number of aryl methyl sites for hydroxylation is 1. The van der Waals surface area contributed by atoms with E-state index >= 15 is 0 Å². The van der Waals surface area contributed by atoms with Crippen LogP contribution in [-0.2, 0) is 6.54 Å². The van der Waals surface area contributed by atoms with E-state index in [1.54, 1.807) is 35.7 Å². The average molecular weight is 340 g/mol. The Kier molecular flexibility index (Phi) is 3.70. The van der Waals surface area contributed by atoms with Crippen molar-refractivity contribution in [2.45, 2.75) is 13.5 Å². The number of fused-ring (bicyclic) bond motifs is 1. The van der Waals surface area contributed by atoms with Gasteiger partial charge < -0.3 is 9.84 Å². The molecule has 0 saturated heterocycles. The maximum Gasteiger partial charge on any atom is 0.204 e. The zero-order chi connectivity index (χ0) is 16.5. The predicted octanol–water partition coefficient (Wildman–Crippen LogP) is 4.41. The monoisotopic (exact) mass is 340 g/mol. The van der Waals surface area contributed by atoms with Gasteiger partial charge in [-0.05, 0) is 30.7 Å². The van der Waals surface area contributed by atoms with E-state index in [0.29, 0.717) is 18.1 Å². The first-order chi connectivity index (χ1) is 11.7. The van der Waals surface area contributed by atoms with Crippen LogP contribution in [0.4, 0.5) is 10.2 Å². The fourth-order valence-electron chi connectivity index (χ4n) is 2.41. The number of aromatic nitrogens is 3. The maximum atomic E-state index is 13.0. The minimum absolute atomic E-state index is 0.246. The topological polar surface area (TPSA) is 63.8 Å². The smallest absolute Gasteiger partial charge is 0.204 e. The summed E-state index contributed by atoms with van der Waals surface area (Å²) in [5.41, 5.74) is 0.969. The van der Waals surface area contributed by atoms with Gasteiger partial charge in [-0.3, -0.25) is 0 Å². The molecule has 0 aliphatic rings. The summed E-state index contributed by atoms with van der Waals surface area (Å²) in [6, 6.07) is 10.2. The third-order valence-electron chi connectivity index (χ3n) is 3.55. The van der Waals surface area contributed by atoms with Crippen molar-refractivity contribution in [2.75, 3.05) is 5.32 Å². The molecule has 1 N–H and O–H groups in total. The summed E-state index contributed by atoms with van der Waals surface area (Å²) in [4.78, 5) is 11.2. The largest absolute Gasteiger partial charge is 0.365 e. The number of nitrogens with one attached hydrogen (secondary N) is 1. The van der Waals surface area contributed by atoms with Gasteiger partial charge in [-0.25, -0.2) is 14.4 Å². The van der Waals surface area contributed by atoms with Crippen LogP contribution >= 0.6 is 11.3 Å². The van der Waals surface area contributed by atoms with Crippen LogP contribution in [0.1, 0.15) is 10.4 Å². The van der Waals surface area contributed by atoms with Crippen molar-refractivity contribution in [3.63, 3.8) is 0 Å². The highest BCUT2D eigenvalue weighted by Gasteiger charge is 2.14. The third-order valence-corrected chi connectivity index (χ3v) is 4.49. The lowest BCUT2D eigenvalue weighted by Gasteiger charge is -2.08. The van der Waals surface area contributed by atoms with Gasteiger partial charge in [-0.2, -0.15) is 0 Å². The quantitative estimate of drug-likeness (QED) is 0.596. The highest BCUT2D eigenvalue weighted by molar-refractivity contribution is 7.18. The van der Waals surface area contributed by atoms with Crippen LogP contribution in [0.25, 0.3) is 21.8 Å². The second-order valence-corrected chi connectivity index (χ2v) is 6.56. The van der Waals surface area contributed by atoms with E-state index in [2.05, 4.69) is 26.5 Å². The van der Waals surface area contributed by atoms with Gasteiger partial charge in [0.2, 0.25) is 11.6 Å². The van der Waals surface area contributed by atoms with E-state index in [1.165, 1.54) is 12.1 Å². The molecule has 0 spiro atoms. The predicted molar refractivity (Wildman–Crippen MR) is 91.4 cm³/mol. The van der Waals surface area contributed by atoms with Crippen LogP contribution in [-0.4, -0.2) is 15.1 Å². The molecule has 7 heteroatoms. The molecule has 3 heterocycles. The number of anilines is 1. The number of benzene rings is 1. The molecule has 0 unspecified atom stereocenters. The van der Waals surface area contributed by atoms with Crippen molar-refractivity contribution in [1.82, 2.24) is 15.1 Å². The summed E-state index contributed by atoms with van der Waals surface area (Å²) in [6.07, 6.45) is 1.56. The maximum absolute atomic E-state index is 13.0. The van der Waals surface area contributed by atoms with Gasteiger partial charge in [0.15, 0.2) is 0 Å². The van der Waals surface area contributed by atoms with Crippen LogP contribution in [0.5, 0.6) is 0 Å². The van der Waals surface area contributed by atoms with E-state index in [1.807, 2.05) is 6.92 Å². The number of rotatable bonds is 4. The van der Waals surface area contributed by atoms with Gasteiger partial charge in [0.05, 0.1) is 11.6 Å². The number of hydrogen-bond donors (Lipinski definition) is 1. The molecule has 5 nitrogen and oxygen atoms in total. The first-order valence-electron chi connectivity index (χ1n) is 7.36. The van der Waals surface area contributed by atoms with Gasteiger partial charge in [-0.15, -0.1) is 11.3 Å². The van der Waals surface area contributed by atoms with Crippen LogP contribution in [0.3, 0.4) is 0 Å². The zero-order valence-corrected chi connectivity index (χ0v) is 13.6. The molecule has 4 aromatic rings. The van der Waals surface area contributed by atoms with Crippen LogP contribution < -0.4 is 5.32 Å². The Morgan fingerprint density at radius 2 is 2.00 bits per heavy atom. The summed E-state index contributed by atoms with van der Waals surface area (Å²) >= 11 is 1.60. The molecule has 1 aromatic carbocycles. The first kappa shape index (κ1) is 14.8. The SMILES string of the molecule is Cc1cc2c(NCc3ccc(F)cc3)nc(-c3ccno3)nc2s1. The van der Waals surface area contributed by atoms with Crippen molar-refractivity contribution in [2.24, 2.45) is 0 Å². The molecule has 0 amide bonds. The Labute approximate surface area is 141 Å². The number of nitrogens with zero attached hydrogens (tertiary/aromatic N) is 3. The summed E-state index contributed by atoms with van der Waals surface area (Å²) in [6.45, 7) is 2.57. The molecule has 0 radical (unpaired) electrons. The molecule has 120 valence electrons. The van der Waals surface area contributed by atoms with Crippen molar-refractivity contribution in [3.8, 4) is 11.6 Å². The highest BCUT2D eigenvalue weighted by Crippen LogP contribution is 2.31. The van der Waals surface area contributed by atoms with Gasteiger partial charge in [0.25, 0.3) is 0 Å². The van der Waals surface area contributed by atoms with E-state index in [0.717, 1.165) is 26.5 Å². The Morgan fingerprint density at radius 3 is 2.75 bits per heavy atom. The second kappa shape index (κ2) is 6.01. The third kappa shape index (κ3) is 2.85. The standard InChI is InChI=1S/C17H13FN4OS/c1-10-8-13-15(19-9-11-2-4-12(18)5-3-11)21-16(22-17(13)24-10)14-6-7-20-23-14/h2-8H,9H2,1H3,(H,19,21,22). The Hall–Kier alpha value is -2.80. The molecule has 4 rings (SSSR count). The lowest BCUT2D eigenvalue weighted by molar-refractivity contribution is 0.430. The molecule has 24 heavy (non-hydrogen) atoms. The summed E-state index contributed by atoms with van der Waals surface area (Å²) in [7, 11) is 0. The van der Waals surface area contributed by atoms with E-state index in [9.17, 15) is 4.39 Å². The average Bonchev–Trinajstić information content (AvgIpc) is 3.22. The number of hydrogen-bond acceptors (Lipinski definition) is 6. The number of thiophene rings is 1. The molecule has 0 aliphatic carbocycles. The molecule has 3 aromatic heterocycles. The van der Waals surface area contributed by atoms with E-state index < -0.39 is 0 Å². The van der Waals surface area contributed by atoms with Crippen molar-refractivity contribution >= 4 is 27.4 Å². The molecule has 0 bridgehead atoms. The van der Waals surface area contributed by atoms with Gasteiger partial charge in [0, 0.05) is 17.5 Å². The number of halogens is 1. The molecule has 0 aliphatic heterocycles. The van der Waals surface area contributed by atoms with Gasteiger partial charge >= 0.3 is 0 Å². The van der Waals surface area contributed by atoms with E-state index in [-0.39, 0.29) is 5.82 Å². The minimum Gasteiger partial charge on any atom is -0.365 e. The van der Waals surface area contributed by atoms with Crippen LogP contribution in [0, 0.1) is 12.7 Å². The van der Waals surface area contributed by atoms with E-state index in [4.69, 9.17) is 4.52 Å². The second-order valence-electron chi connectivity index (χ2n) is 5.33. The lowest BCUT2D eigenvalue weighted by atomic mass is 10.2. The lowest BCUT2D eigenvalue weighted by Crippen LogP contribution is -2.03. The Morgan fingerprint density at radius 1 is 1.17 bits per heavy atom. The molecular formula is C17H13FN4OS. The Balaban J connectivity index is 1.71. The molecule has 0 atom stereocenters. The van der Waals surface area contributed by atoms with Crippen molar-refractivity contribution < 1.29 is 8.91 Å². The molecule has 0 fully saturated rings. The summed E-state index contributed by atoms with van der Waals surface area (Å²) < 4.78 is 18.2. The van der Waals surface area contributed by atoms with Gasteiger partial charge in [0.1, 0.15) is 16.5 Å². The summed E-state index contributed by atoms with van der Waals surface area (Å²) in [5.74, 6) is 1.49. The zero-order valence-electron chi connectivity index (χ0n) is 12.8. The summed E-state index contributed by atoms with van der Waals surface area (Å²) in [5, 5.41) is 7.98. The van der Waals surface area contributed by atoms with Crippen molar-refractivity contribution in [3.05, 3.63) is 58.9 Å². The highest BCUT2D eigenvalue weighted by atomic mass is 32.1. The Bertz CT molecular complexity index is 980. The van der Waals surface area contributed by atoms with Crippen LogP contribution in [0.2, 0.25) is 0 Å². The fourth-order valence-corrected chi connectivity index (χ4v) is 3.29. The minimum atomic E-state index is -0.246. The molecular weight excluding hydrogens is 327 g/mol. The normalized spacial score (nSPS) is 11.1. The van der Waals surface area contributed by atoms with Crippen LogP contribution in [0.15, 0.2) is 47.1 Å².